The Hall–Kier alpha value is -2.34. The number of carbonyl (C=O) groups is 1. The number of carbonyl (C=O) groups excluding carboxylic acids is 1. The molecule has 1 aromatic carbocycles. The highest BCUT2D eigenvalue weighted by Gasteiger charge is 2.32. The SMILES string of the molecule is CC(C)[C@H]1CC[C@@H](N2CCC(n3c(CCOC(=O)C(C)(C)C)c(/C=N\O)c4ccccc43)CC2)CC1. The van der Waals surface area contributed by atoms with Crippen molar-refractivity contribution >= 4 is 23.1 Å². The van der Waals surface area contributed by atoms with Crippen LogP contribution >= 0.6 is 0 Å². The van der Waals surface area contributed by atoms with Gasteiger partial charge in [-0.1, -0.05) is 37.2 Å². The van der Waals surface area contributed by atoms with E-state index in [9.17, 15) is 10.0 Å². The summed E-state index contributed by atoms with van der Waals surface area (Å²) < 4.78 is 8.08. The van der Waals surface area contributed by atoms with Crippen LogP contribution in [0.15, 0.2) is 29.4 Å². The average molecular weight is 496 g/mol. The zero-order valence-corrected chi connectivity index (χ0v) is 22.9. The molecular formula is C30H45N3O3. The van der Waals surface area contributed by atoms with E-state index >= 15 is 0 Å². The summed E-state index contributed by atoms with van der Waals surface area (Å²) in [5.74, 6) is 1.51. The van der Waals surface area contributed by atoms with Crippen molar-refractivity contribution < 1.29 is 14.7 Å². The van der Waals surface area contributed by atoms with Gasteiger partial charge in [-0.15, -0.1) is 0 Å². The minimum Gasteiger partial charge on any atom is -0.465 e. The summed E-state index contributed by atoms with van der Waals surface area (Å²) in [4.78, 5) is 15.1. The second kappa shape index (κ2) is 11.4. The van der Waals surface area contributed by atoms with Crippen molar-refractivity contribution in [2.75, 3.05) is 19.7 Å². The molecule has 1 saturated carbocycles. The van der Waals surface area contributed by atoms with Crippen LogP contribution in [-0.2, 0) is 16.0 Å². The number of nitrogens with zero attached hydrogens (tertiary/aromatic N) is 3. The van der Waals surface area contributed by atoms with Crippen LogP contribution < -0.4 is 0 Å². The molecule has 4 rings (SSSR count). The number of para-hydroxylation sites is 1. The third-order valence-corrected chi connectivity index (χ3v) is 8.49. The van der Waals surface area contributed by atoms with E-state index in [2.05, 4.69) is 46.7 Å². The molecule has 2 heterocycles. The van der Waals surface area contributed by atoms with E-state index in [0.717, 1.165) is 60.5 Å². The molecule has 36 heavy (non-hydrogen) atoms. The lowest BCUT2D eigenvalue weighted by atomic mass is 9.79. The normalized spacial score (nSPS) is 22.6. The highest BCUT2D eigenvalue weighted by atomic mass is 16.5. The zero-order valence-electron chi connectivity index (χ0n) is 22.9. The summed E-state index contributed by atoms with van der Waals surface area (Å²) in [6, 6.07) is 9.47. The van der Waals surface area contributed by atoms with Crippen LogP contribution in [-0.4, -0.2) is 52.6 Å². The van der Waals surface area contributed by atoms with Gasteiger partial charge in [-0.05, 0) is 77.2 Å². The van der Waals surface area contributed by atoms with Crippen LogP contribution in [0.3, 0.4) is 0 Å². The fourth-order valence-corrected chi connectivity index (χ4v) is 6.32. The molecule has 2 aromatic rings. The molecule has 6 nitrogen and oxygen atoms in total. The highest BCUT2D eigenvalue weighted by molar-refractivity contribution is 6.01. The van der Waals surface area contributed by atoms with Gasteiger partial charge in [0.25, 0.3) is 0 Å². The number of rotatable bonds is 7. The second-order valence-corrected chi connectivity index (χ2v) is 12.2. The van der Waals surface area contributed by atoms with Crippen LogP contribution in [0, 0.1) is 17.3 Å². The molecule has 2 fully saturated rings. The van der Waals surface area contributed by atoms with Crippen molar-refractivity contribution in [2.24, 2.45) is 22.4 Å². The van der Waals surface area contributed by atoms with Crippen molar-refractivity contribution in [1.82, 2.24) is 9.47 Å². The highest BCUT2D eigenvalue weighted by Crippen LogP contribution is 2.37. The number of likely N-dealkylation sites (tertiary alicyclic amines) is 1. The minimum absolute atomic E-state index is 0.192. The molecule has 0 amide bonds. The smallest absolute Gasteiger partial charge is 0.311 e. The summed E-state index contributed by atoms with van der Waals surface area (Å²) in [6.07, 6.45) is 9.75. The molecule has 1 N–H and O–H groups in total. The number of esters is 1. The first-order valence-corrected chi connectivity index (χ1v) is 13.9. The van der Waals surface area contributed by atoms with E-state index in [1.165, 1.54) is 31.2 Å². The van der Waals surface area contributed by atoms with E-state index in [1.54, 1.807) is 6.21 Å². The number of ether oxygens (including phenoxy) is 1. The van der Waals surface area contributed by atoms with Gasteiger partial charge in [-0.2, -0.15) is 0 Å². The van der Waals surface area contributed by atoms with Gasteiger partial charge in [0.1, 0.15) is 0 Å². The second-order valence-electron chi connectivity index (χ2n) is 12.2. The third-order valence-electron chi connectivity index (χ3n) is 8.49. The number of piperidine rings is 1. The summed E-state index contributed by atoms with van der Waals surface area (Å²) in [5.41, 5.74) is 2.66. The Kier molecular flexibility index (Phi) is 8.44. The van der Waals surface area contributed by atoms with Gasteiger partial charge in [0, 0.05) is 53.8 Å². The number of benzene rings is 1. The van der Waals surface area contributed by atoms with Crippen molar-refractivity contribution in [3.8, 4) is 0 Å². The first kappa shape index (κ1) is 26.7. The molecule has 0 bridgehead atoms. The molecule has 0 atom stereocenters. The Morgan fingerprint density at radius 2 is 1.75 bits per heavy atom. The summed E-state index contributed by atoms with van der Waals surface area (Å²) in [5, 5.41) is 13.9. The Morgan fingerprint density at radius 3 is 2.36 bits per heavy atom. The van der Waals surface area contributed by atoms with E-state index in [1.807, 2.05) is 26.8 Å². The van der Waals surface area contributed by atoms with Gasteiger partial charge in [0.15, 0.2) is 0 Å². The van der Waals surface area contributed by atoms with Gasteiger partial charge in [-0.3, -0.25) is 4.79 Å². The molecule has 1 aromatic heterocycles. The standard InChI is InChI=1S/C30H45N3O3/c1-21(2)22-10-12-23(13-11-22)32-17-14-24(15-18-32)33-27-9-7-6-8-25(27)26(20-31-35)28(33)16-19-36-29(34)30(3,4)5/h6-9,20-24,35H,10-19H2,1-5H3/b31-20-/t22-,23+. The maximum Gasteiger partial charge on any atom is 0.311 e. The molecule has 6 heteroatoms. The van der Waals surface area contributed by atoms with Crippen molar-refractivity contribution in [3.63, 3.8) is 0 Å². The lowest BCUT2D eigenvalue weighted by molar-refractivity contribution is -0.152. The van der Waals surface area contributed by atoms with Crippen LogP contribution in [0.4, 0.5) is 0 Å². The van der Waals surface area contributed by atoms with E-state index < -0.39 is 5.41 Å². The van der Waals surface area contributed by atoms with E-state index in [4.69, 9.17) is 4.74 Å². The van der Waals surface area contributed by atoms with Crippen molar-refractivity contribution in [1.29, 1.82) is 0 Å². The van der Waals surface area contributed by atoms with Gasteiger partial charge in [0.2, 0.25) is 0 Å². The fraction of sp³-hybridized carbons (Fsp3) is 0.667. The topological polar surface area (TPSA) is 67.1 Å². The summed E-state index contributed by atoms with van der Waals surface area (Å²) in [6.45, 7) is 12.9. The van der Waals surface area contributed by atoms with Gasteiger partial charge >= 0.3 is 5.97 Å². The zero-order chi connectivity index (χ0) is 25.9. The van der Waals surface area contributed by atoms with Crippen molar-refractivity contribution in [2.45, 2.75) is 91.6 Å². The molecule has 0 spiro atoms. The maximum absolute atomic E-state index is 12.4. The van der Waals surface area contributed by atoms with Gasteiger partial charge in [-0.25, -0.2) is 0 Å². The predicted molar refractivity (Wildman–Crippen MR) is 146 cm³/mol. The molecule has 198 valence electrons. The number of fused-ring (bicyclic) bond motifs is 1. The van der Waals surface area contributed by atoms with Crippen LogP contribution in [0.5, 0.6) is 0 Å². The minimum atomic E-state index is -0.525. The number of aromatic nitrogens is 1. The van der Waals surface area contributed by atoms with Gasteiger partial charge < -0.3 is 19.4 Å². The average Bonchev–Trinajstić information content (AvgIpc) is 3.17. The first-order chi connectivity index (χ1) is 17.2. The van der Waals surface area contributed by atoms with Crippen LogP contribution in [0.25, 0.3) is 10.9 Å². The Labute approximate surface area is 216 Å². The lowest BCUT2D eigenvalue weighted by Crippen LogP contribution is -2.44. The molecule has 2 aliphatic rings. The number of hydrogen-bond acceptors (Lipinski definition) is 5. The maximum atomic E-state index is 12.4. The quantitative estimate of drug-likeness (QED) is 0.208. The van der Waals surface area contributed by atoms with Gasteiger partial charge in [0.05, 0.1) is 18.2 Å². The molecular weight excluding hydrogens is 450 g/mol. The largest absolute Gasteiger partial charge is 0.465 e. The third kappa shape index (κ3) is 5.80. The van der Waals surface area contributed by atoms with Crippen molar-refractivity contribution in [3.05, 3.63) is 35.5 Å². The van der Waals surface area contributed by atoms with Crippen LogP contribution in [0.2, 0.25) is 0 Å². The fourth-order valence-electron chi connectivity index (χ4n) is 6.32. The molecule has 1 aliphatic carbocycles. The number of hydrogen-bond donors (Lipinski definition) is 1. The molecule has 1 aliphatic heterocycles. The summed E-state index contributed by atoms with van der Waals surface area (Å²) >= 11 is 0. The monoisotopic (exact) mass is 495 g/mol. The van der Waals surface area contributed by atoms with E-state index in [0.29, 0.717) is 19.1 Å². The lowest BCUT2D eigenvalue weighted by Gasteiger charge is -2.42. The Bertz CT molecular complexity index is 1050. The van der Waals surface area contributed by atoms with Crippen LogP contribution in [0.1, 0.15) is 90.4 Å². The molecule has 0 unspecified atom stereocenters. The summed E-state index contributed by atoms with van der Waals surface area (Å²) in [7, 11) is 0. The Balaban J connectivity index is 1.52. The first-order valence-electron chi connectivity index (χ1n) is 13.9. The predicted octanol–water partition coefficient (Wildman–Crippen LogP) is 6.43. The molecule has 1 saturated heterocycles. The number of oxime groups is 1. The molecule has 0 radical (unpaired) electrons. The Morgan fingerprint density at radius 1 is 1.08 bits per heavy atom. The van der Waals surface area contributed by atoms with E-state index in [-0.39, 0.29) is 5.97 Å².